The molecule has 4 nitrogen and oxygen atoms in total. The fourth-order valence-corrected chi connectivity index (χ4v) is 1.95. The summed E-state index contributed by atoms with van der Waals surface area (Å²) in [7, 11) is 1.96. The lowest BCUT2D eigenvalue weighted by Crippen LogP contribution is -2.21. The fourth-order valence-electron chi connectivity index (χ4n) is 1.95. The van der Waals surface area contributed by atoms with E-state index in [-0.39, 0.29) is 6.61 Å². The maximum absolute atomic E-state index is 8.83. The molecule has 0 aromatic carbocycles. The summed E-state index contributed by atoms with van der Waals surface area (Å²) in [6.45, 7) is 8.55. The van der Waals surface area contributed by atoms with Gasteiger partial charge in [-0.15, -0.1) is 0 Å². The van der Waals surface area contributed by atoms with Crippen LogP contribution in [0.2, 0.25) is 0 Å². The lowest BCUT2D eigenvalue weighted by Gasteiger charge is -2.11. The lowest BCUT2D eigenvalue weighted by molar-refractivity contribution is 0.260. The van der Waals surface area contributed by atoms with Crippen LogP contribution in [0.5, 0.6) is 0 Å². The van der Waals surface area contributed by atoms with Crippen molar-refractivity contribution in [2.75, 3.05) is 13.2 Å². The molecule has 17 heavy (non-hydrogen) atoms. The molecule has 0 aliphatic carbocycles. The van der Waals surface area contributed by atoms with Crippen molar-refractivity contribution in [3.63, 3.8) is 0 Å². The van der Waals surface area contributed by atoms with Gasteiger partial charge in [-0.3, -0.25) is 4.68 Å². The van der Waals surface area contributed by atoms with Crippen molar-refractivity contribution >= 4 is 0 Å². The Morgan fingerprint density at radius 3 is 2.71 bits per heavy atom. The molecule has 1 atom stereocenters. The molecule has 0 bridgehead atoms. The largest absolute Gasteiger partial charge is 0.396 e. The predicted molar refractivity (Wildman–Crippen MR) is 69.9 cm³/mol. The second-order valence-electron chi connectivity index (χ2n) is 5.12. The maximum Gasteiger partial charge on any atom is 0.0694 e. The SMILES string of the molecule is CC(CCO)CNCc1cn(C)nc1C(C)C. The van der Waals surface area contributed by atoms with Crippen molar-refractivity contribution in [3.8, 4) is 0 Å². The van der Waals surface area contributed by atoms with E-state index in [4.69, 9.17) is 5.11 Å². The van der Waals surface area contributed by atoms with Crippen molar-refractivity contribution in [2.45, 2.75) is 39.7 Å². The molecule has 0 radical (unpaired) electrons. The van der Waals surface area contributed by atoms with Crippen LogP contribution in [0.1, 0.15) is 44.4 Å². The zero-order valence-electron chi connectivity index (χ0n) is 11.4. The Labute approximate surface area is 104 Å². The minimum absolute atomic E-state index is 0.271. The van der Waals surface area contributed by atoms with Gasteiger partial charge in [-0.05, 0) is 24.8 Å². The highest BCUT2D eigenvalue weighted by molar-refractivity contribution is 5.19. The molecule has 1 unspecified atom stereocenters. The van der Waals surface area contributed by atoms with E-state index in [1.165, 1.54) is 11.3 Å². The molecule has 4 heteroatoms. The van der Waals surface area contributed by atoms with Crippen LogP contribution in [-0.2, 0) is 13.6 Å². The molecule has 1 heterocycles. The minimum atomic E-state index is 0.271. The van der Waals surface area contributed by atoms with Gasteiger partial charge in [0, 0.05) is 32.0 Å². The van der Waals surface area contributed by atoms with Gasteiger partial charge in [0.15, 0.2) is 0 Å². The van der Waals surface area contributed by atoms with Gasteiger partial charge in [-0.2, -0.15) is 5.10 Å². The van der Waals surface area contributed by atoms with Crippen LogP contribution in [0, 0.1) is 5.92 Å². The van der Waals surface area contributed by atoms with Gasteiger partial charge in [0.1, 0.15) is 0 Å². The Hall–Kier alpha value is -0.870. The summed E-state index contributed by atoms with van der Waals surface area (Å²) in [4.78, 5) is 0. The van der Waals surface area contributed by atoms with Crippen molar-refractivity contribution in [3.05, 3.63) is 17.5 Å². The van der Waals surface area contributed by atoms with E-state index in [2.05, 4.69) is 37.4 Å². The first-order valence-corrected chi connectivity index (χ1v) is 6.38. The molecule has 0 saturated heterocycles. The second kappa shape index (κ2) is 6.77. The third-order valence-corrected chi connectivity index (χ3v) is 2.91. The van der Waals surface area contributed by atoms with Crippen LogP contribution in [-0.4, -0.2) is 28.0 Å². The first-order chi connectivity index (χ1) is 8.04. The van der Waals surface area contributed by atoms with E-state index in [1.807, 2.05) is 11.7 Å². The number of aliphatic hydroxyl groups excluding tert-OH is 1. The van der Waals surface area contributed by atoms with Gasteiger partial charge in [0.2, 0.25) is 0 Å². The molecule has 0 fully saturated rings. The number of nitrogens with zero attached hydrogens (tertiary/aromatic N) is 2. The zero-order valence-corrected chi connectivity index (χ0v) is 11.4. The second-order valence-corrected chi connectivity index (χ2v) is 5.12. The molecule has 1 rings (SSSR count). The van der Waals surface area contributed by atoms with Crippen molar-refractivity contribution in [1.29, 1.82) is 0 Å². The van der Waals surface area contributed by atoms with E-state index < -0.39 is 0 Å². The number of aliphatic hydroxyl groups is 1. The molecule has 1 aromatic heterocycles. The van der Waals surface area contributed by atoms with Crippen LogP contribution < -0.4 is 5.32 Å². The van der Waals surface area contributed by atoms with Gasteiger partial charge in [-0.1, -0.05) is 20.8 Å². The average molecular weight is 239 g/mol. The van der Waals surface area contributed by atoms with Crippen LogP contribution in [0.3, 0.4) is 0 Å². The van der Waals surface area contributed by atoms with Crippen molar-refractivity contribution in [1.82, 2.24) is 15.1 Å². The normalized spacial score (nSPS) is 13.3. The van der Waals surface area contributed by atoms with Gasteiger partial charge >= 0.3 is 0 Å². The predicted octanol–water partition coefficient (Wildman–Crippen LogP) is 1.65. The first-order valence-electron chi connectivity index (χ1n) is 6.38. The number of rotatable bonds is 7. The van der Waals surface area contributed by atoms with Crippen LogP contribution in [0.4, 0.5) is 0 Å². The summed E-state index contributed by atoms with van der Waals surface area (Å²) in [5.74, 6) is 0.974. The van der Waals surface area contributed by atoms with Crippen LogP contribution in [0.15, 0.2) is 6.20 Å². The summed E-state index contributed by atoms with van der Waals surface area (Å²) >= 11 is 0. The standard InChI is InChI=1S/C13H25N3O/c1-10(2)13-12(9-16(4)15-13)8-14-7-11(3)5-6-17/h9-11,14,17H,5-8H2,1-4H3. The molecular formula is C13H25N3O. The average Bonchev–Trinajstić information content (AvgIpc) is 2.60. The number of aryl methyl sites for hydroxylation is 1. The fraction of sp³-hybridized carbons (Fsp3) is 0.769. The third-order valence-electron chi connectivity index (χ3n) is 2.91. The number of nitrogens with one attached hydrogen (secondary N) is 1. The molecular weight excluding hydrogens is 214 g/mol. The topological polar surface area (TPSA) is 50.1 Å². The molecule has 0 saturated carbocycles. The summed E-state index contributed by atoms with van der Waals surface area (Å²) in [6.07, 6.45) is 2.94. The van der Waals surface area contributed by atoms with E-state index in [9.17, 15) is 0 Å². The van der Waals surface area contributed by atoms with E-state index in [1.54, 1.807) is 0 Å². The molecule has 0 amide bonds. The summed E-state index contributed by atoms with van der Waals surface area (Å²) in [5.41, 5.74) is 2.45. The molecule has 2 N–H and O–H groups in total. The molecule has 0 spiro atoms. The van der Waals surface area contributed by atoms with Gasteiger partial charge in [0.05, 0.1) is 5.69 Å². The highest BCUT2D eigenvalue weighted by atomic mass is 16.3. The maximum atomic E-state index is 8.83. The van der Waals surface area contributed by atoms with Crippen molar-refractivity contribution in [2.24, 2.45) is 13.0 Å². The first kappa shape index (κ1) is 14.2. The van der Waals surface area contributed by atoms with Gasteiger partial charge < -0.3 is 10.4 Å². The molecule has 98 valence electrons. The minimum Gasteiger partial charge on any atom is -0.396 e. The highest BCUT2D eigenvalue weighted by Crippen LogP contribution is 2.16. The molecule has 0 aliphatic rings. The van der Waals surface area contributed by atoms with Crippen LogP contribution in [0.25, 0.3) is 0 Å². The van der Waals surface area contributed by atoms with E-state index >= 15 is 0 Å². The zero-order chi connectivity index (χ0) is 12.8. The van der Waals surface area contributed by atoms with E-state index in [0.717, 1.165) is 19.5 Å². The number of hydrogen-bond acceptors (Lipinski definition) is 3. The quantitative estimate of drug-likeness (QED) is 0.760. The Kier molecular flexibility index (Phi) is 5.65. The lowest BCUT2D eigenvalue weighted by atomic mass is 10.1. The Morgan fingerprint density at radius 2 is 2.12 bits per heavy atom. The smallest absolute Gasteiger partial charge is 0.0694 e. The van der Waals surface area contributed by atoms with E-state index in [0.29, 0.717) is 11.8 Å². The van der Waals surface area contributed by atoms with Crippen molar-refractivity contribution < 1.29 is 5.11 Å². The Balaban J connectivity index is 2.46. The molecule has 1 aromatic rings. The summed E-state index contributed by atoms with van der Waals surface area (Å²) in [5, 5.41) is 16.7. The summed E-state index contributed by atoms with van der Waals surface area (Å²) in [6, 6.07) is 0. The van der Waals surface area contributed by atoms with Gasteiger partial charge in [0.25, 0.3) is 0 Å². The highest BCUT2D eigenvalue weighted by Gasteiger charge is 2.11. The Bertz CT molecular complexity index is 333. The molecule has 0 aliphatic heterocycles. The number of hydrogen-bond donors (Lipinski definition) is 2. The third kappa shape index (κ3) is 4.48. The summed E-state index contributed by atoms with van der Waals surface area (Å²) < 4.78 is 1.88. The Morgan fingerprint density at radius 1 is 1.41 bits per heavy atom. The number of aromatic nitrogens is 2. The monoisotopic (exact) mass is 239 g/mol. The van der Waals surface area contributed by atoms with Gasteiger partial charge in [-0.25, -0.2) is 0 Å². The van der Waals surface area contributed by atoms with Crippen LogP contribution >= 0.6 is 0 Å².